The minimum Gasteiger partial charge on any atom is -0.300 e. The molecule has 7 heteroatoms. The van der Waals surface area contributed by atoms with Gasteiger partial charge in [0, 0.05) is 36.1 Å². The highest BCUT2D eigenvalue weighted by Gasteiger charge is 2.37. The summed E-state index contributed by atoms with van der Waals surface area (Å²) < 4.78 is 24.8. The number of rotatable bonds is 3. The Labute approximate surface area is 137 Å². The fourth-order valence-electron chi connectivity index (χ4n) is 3.66. The van der Waals surface area contributed by atoms with Crippen LogP contribution >= 0.6 is 11.3 Å². The van der Waals surface area contributed by atoms with E-state index in [0.29, 0.717) is 19.1 Å². The number of nitrogens with zero attached hydrogens (tertiary/aromatic N) is 3. The van der Waals surface area contributed by atoms with Gasteiger partial charge in [-0.15, -0.1) is 11.3 Å². The number of likely N-dealkylation sites (tertiary alicyclic amines) is 1. The van der Waals surface area contributed by atoms with Gasteiger partial charge in [0.05, 0.1) is 11.3 Å². The van der Waals surface area contributed by atoms with Crippen molar-refractivity contribution in [3.05, 3.63) is 16.6 Å². The first-order valence-corrected chi connectivity index (χ1v) is 10.7. The van der Waals surface area contributed by atoms with Crippen molar-refractivity contribution in [2.45, 2.75) is 44.1 Å². The SMILES string of the molecule is CC1(c2nccs2)CCN(C2CCN(S(C)(=O)=O)CC2)CC1. The normalized spacial score (nSPS) is 25.4. The van der Waals surface area contributed by atoms with Gasteiger partial charge < -0.3 is 4.90 Å². The Morgan fingerprint density at radius 3 is 2.36 bits per heavy atom. The molecule has 2 fully saturated rings. The standard InChI is InChI=1S/C15H25N3O2S2/c1-15(14-16-7-12-21-14)5-10-17(11-6-15)13-3-8-18(9-4-13)22(2,19)20/h7,12-13H,3-6,8-11H2,1-2H3. The second kappa shape index (κ2) is 6.19. The Balaban J connectivity index is 1.55. The summed E-state index contributed by atoms with van der Waals surface area (Å²) in [5, 5.41) is 3.33. The predicted molar refractivity (Wildman–Crippen MR) is 89.7 cm³/mol. The molecule has 1 aromatic heterocycles. The van der Waals surface area contributed by atoms with Crippen LogP contribution in [0.5, 0.6) is 0 Å². The van der Waals surface area contributed by atoms with Crippen molar-refractivity contribution in [3.8, 4) is 0 Å². The van der Waals surface area contributed by atoms with Gasteiger partial charge in [-0.2, -0.15) is 0 Å². The van der Waals surface area contributed by atoms with Crippen molar-refractivity contribution < 1.29 is 8.42 Å². The first-order valence-electron chi connectivity index (χ1n) is 7.98. The van der Waals surface area contributed by atoms with Crippen LogP contribution in [-0.2, 0) is 15.4 Å². The van der Waals surface area contributed by atoms with Crippen molar-refractivity contribution in [3.63, 3.8) is 0 Å². The number of hydrogen-bond donors (Lipinski definition) is 0. The van der Waals surface area contributed by atoms with Gasteiger partial charge in [0.1, 0.15) is 0 Å². The zero-order valence-corrected chi connectivity index (χ0v) is 15.0. The summed E-state index contributed by atoms with van der Waals surface area (Å²) in [6.45, 7) is 5.86. The Morgan fingerprint density at radius 1 is 1.23 bits per heavy atom. The number of aromatic nitrogens is 1. The summed E-state index contributed by atoms with van der Waals surface area (Å²) in [5.41, 5.74) is 0.220. The van der Waals surface area contributed by atoms with Gasteiger partial charge in [0.15, 0.2) is 0 Å². The highest BCUT2D eigenvalue weighted by atomic mass is 32.2. The molecule has 0 unspecified atom stereocenters. The molecule has 3 heterocycles. The average molecular weight is 344 g/mol. The van der Waals surface area contributed by atoms with Crippen LogP contribution in [0.2, 0.25) is 0 Å². The van der Waals surface area contributed by atoms with Crippen LogP contribution in [0.15, 0.2) is 11.6 Å². The van der Waals surface area contributed by atoms with Crippen LogP contribution in [0, 0.1) is 0 Å². The molecule has 2 saturated heterocycles. The molecule has 2 aliphatic heterocycles. The summed E-state index contributed by atoms with van der Waals surface area (Å²) in [7, 11) is -3.02. The van der Waals surface area contributed by atoms with E-state index >= 15 is 0 Å². The zero-order chi connectivity index (χ0) is 15.8. The summed E-state index contributed by atoms with van der Waals surface area (Å²) in [6.07, 6.45) is 7.42. The second-order valence-corrected chi connectivity index (χ2v) is 9.70. The lowest BCUT2D eigenvalue weighted by Crippen LogP contribution is -2.50. The van der Waals surface area contributed by atoms with Gasteiger partial charge in [-0.1, -0.05) is 6.92 Å². The maximum atomic E-state index is 11.6. The first kappa shape index (κ1) is 16.4. The molecule has 1 aromatic rings. The molecule has 0 spiro atoms. The van der Waals surface area contributed by atoms with E-state index in [-0.39, 0.29) is 5.41 Å². The third-order valence-corrected chi connectivity index (χ3v) is 7.64. The van der Waals surface area contributed by atoms with E-state index in [4.69, 9.17) is 0 Å². The van der Waals surface area contributed by atoms with Crippen LogP contribution in [0.3, 0.4) is 0 Å². The van der Waals surface area contributed by atoms with E-state index in [0.717, 1.165) is 38.8 Å². The van der Waals surface area contributed by atoms with Gasteiger partial charge in [-0.25, -0.2) is 17.7 Å². The van der Waals surface area contributed by atoms with E-state index < -0.39 is 10.0 Å². The number of sulfonamides is 1. The first-order chi connectivity index (χ1) is 10.4. The van der Waals surface area contributed by atoms with Crippen molar-refractivity contribution in [1.29, 1.82) is 0 Å². The molecule has 0 aromatic carbocycles. The molecule has 3 rings (SSSR count). The lowest BCUT2D eigenvalue weighted by atomic mass is 9.80. The third kappa shape index (κ3) is 3.37. The predicted octanol–water partition coefficient (Wildman–Crippen LogP) is 1.92. The topological polar surface area (TPSA) is 53.5 Å². The molecular formula is C15H25N3O2S2. The van der Waals surface area contributed by atoms with Gasteiger partial charge in [0.25, 0.3) is 0 Å². The van der Waals surface area contributed by atoms with Crippen molar-refractivity contribution in [2.24, 2.45) is 0 Å². The minimum atomic E-state index is -3.02. The Hall–Kier alpha value is -0.500. The van der Waals surface area contributed by atoms with E-state index in [1.54, 1.807) is 15.6 Å². The van der Waals surface area contributed by atoms with Gasteiger partial charge in [0.2, 0.25) is 10.0 Å². The van der Waals surface area contributed by atoms with Crippen molar-refractivity contribution in [2.75, 3.05) is 32.4 Å². The fraction of sp³-hybridized carbons (Fsp3) is 0.800. The van der Waals surface area contributed by atoms with Crippen molar-refractivity contribution in [1.82, 2.24) is 14.2 Å². The lowest BCUT2D eigenvalue weighted by Gasteiger charge is -2.44. The van der Waals surface area contributed by atoms with E-state index in [1.807, 2.05) is 6.20 Å². The fourth-order valence-corrected chi connectivity index (χ4v) is 5.39. The largest absolute Gasteiger partial charge is 0.300 e. The highest BCUT2D eigenvalue weighted by Crippen LogP contribution is 2.37. The maximum Gasteiger partial charge on any atom is 0.211 e. The number of thiazole rings is 1. The number of piperidine rings is 2. The molecule has 2 aliphatic rings. The summed E-state index contributed by atoms with van der Waals surface area (Å²) >= 11 is 1.77. The monoisotopic (exact) mass is 343 g/mol. The Kier molecular flexibility index (Phi) is 4.60. The summed E-state index contributed by atoms with van der Waals surface area (Å²) in [4.78, 5) is 7.08. The molecule has 0 saturated carbocycles. The van der Waals surface area contributed by atoms with Crippen LogP contribution in [0.25, 0.3) is 0 Å². The van der Waals surface area contributed by atoms with Crippen LogP contribution in [-0.4, -0.2) is 61.1 Å². The quantitative estimate of drug-likeness (QED) is 0.841. The Bertz CT molecular complexity index is 584. The summed E-state index contributed by atoms with van der Waals surface area (Å²) in [6, 6.07) is 0.541. The van der Waals surface area contributed by atoms with E-state index in [1.165, 1.54) is 11.3 Å². The number of hydrogen-bond acceptors (Lipinski definition) is 5. The van der Waals surface area contributed by atoms with E-state index in [9.17, 15) is 8.42 Å². The molecular weight excluding hydrogens is 318 g/mol. The second-order valence-electron chi connectivity index (χ2n) is 6.83. The lowest BCUT2D eigenvalue weighted by molar-refractivity contribution is 0.0894. The molecule has 22 heavy (non-hydrogen) atoms. The highest BCUT2D eigenvalue weighted by molar-refractivity contribution is 7.88. The molecule has 0 radical (unpaired) electrons. The molecule has 0 amide bonds. The molecule has 0 N–H and O–H groups in total. The van der Waals surface area contributed by atoms with Gasteiger partial charge >= 0.3 is 0 Å². The minimum absolute atomic E-state index is 0.220. The van der Waals surface area contributed by atoms with Crippen LogP contribution < -0.4 is 0 Å². The smallest absolute Gasteiger partial charge is 0.211 e. The van der Waals surface area contributed by atoms with Gasteiger partial charge in [-0.3, -0.25) is 0 Å². The molecule has 0 bridgehead atoms. The molecule has 124 valence electrons. The van der Waals surface area contributed by atoms with Crippen LogP contribution in [0.1, 0.15) is 37.6 Å². The maximum absolute atomic E-state index is 11.6. The third-order valence-electron chi connectivity index (χ3n) is 5.26. The Morgan fingerprint density at radius 2 is 1.86 bits per heavy atom. The molecule has 0 aliphatic carbocycles. The van der Waals surface area contributed by atoms with Gasteiger partial charge in [-0.05, 0) is 38.8 Å². The van der Waals surface area contributed by atoms with Crippen molar-refractivity contribution >= 4 is 21.4 Å². The molecule has 5 nitrogen and oxygen atoms in total. The zero-order valence-electron chi connectivity index (χ0n) is 13.4. The molecule has 0 atom stereocenters. The summed E-state index contributed by atoms with van der Waals surface area (Å²) in [5.74, 6) is 0. The average Bonchev–Trinajstić information content (AvgIpc) is 3.02. The van der Waals surface area contributed by atoms with E-state index in [2.05, 4.69) is 22.2 Å². The van der Waals surface area contributed by atoms with Crippen LogP contribution in [0.4, 0.5) is 0 Å².